The minimum atomic E-state index is -0.463. The van der Waals surface area contributed by atoms with Crippen molar-refractivity contribution in [3.63, 3.8) is 0 Å². The van der Waals surface area contributed by atoms with E-state index in [1.807, 2.05) is 33.1 Å². The van der Waals surface area contributed by atoms with Gasteiger partial charge in [-0.3, -0.25) is 9.59 Å². The number of nitrogens with one attached hydrogen (secondary N) is 1. The van der Waals surface area contributed by atoms with Crippen molar-refractivity contribution >= 4 is 34.9 Å². The smallest absolute Gasteiger partial charge is 0.244 e. The standard InChI is InChI=1S/C14H21N3O2S2/c1-9-16-10(6-21-9)5-15-12(18)11-7-20-8-17(11)13(19)14(2,3)4/h6,11H,5,7-8H2,1-4H3,(H,15,18). The molecule has 1 aliphatic rings. The molecular weight excluding hydrogens is 306 g/mol. The van der Waals surface area contributed by atoms with Gasteiger partial charge in [-0.05, 0) is 6.92 Å². The number of carbonyl (C=O) groups excluding carboxylic acids is 2. The van der Waals surface area contributed by atoms with Crippen LogP contribution >= 0.6 is 23.1 Å². The molecule has 2 amide bonds. The second kappa shape index (κ2) is 6.36. The van der Waals surface area contributed by atoms with E-state index in [1.54, 1.807) is 28.0 Å². The zero-order valence-electron chi connectivity index (χ0n) is 12.8. The lowest BCUT2D eigenvalue weighted by Gasteiger charge is -2.29. The molecule has 0 spiro atoms. The molecule has 1 aromatic heterocycles. The fourth-order valence-corrected chi connectivity index (χ4v) is 3.84. The molecule has 2 heterocycles. The van der Waals surface area contributed by atoms with E-state index in [0.717, 1.165) is 10.7 Å². The number of nitrogens with zero attached hydrogens (tertiary/aromatic N) is 2. The SMILES string of the molecule is Cc1nc(CNC(=O)C2CSCN2C(=O)C(C)(C)C)cs1. The molecule has 0 bridgehead atoms. The molecule has 1 aromatic rings. The molecule has 0 aromatic carbocycles. The minimum Gasteiger partial charge on any atom is -0.349 e. The van der Waals surface area contributed by atoms with Crippen molar-refractivity contribution in [1.82, 2.24) is 15.2 Å². The number of carbonyl (C=O) groups is 2. The van der Waals surface area contributed by atoms with Crippen LogP contribution in [-0.4, -0.2) is 39.4 Å². The number of amides is 2. The predicted molar refractivity (Wildman–Crippen MR) is 86.1 cm³/mol. The number of thiazole rings is 1. The molecule has 1 saturated heterocycles. The summed E-state index contributed by atoms with van der Waals surface area (Å²) in [4.78, 5) is 30.7. The summed E-state index contributed by atoms with van der Waals surface area (Å²) >= 11 is 3.19. The van der Waals surface area contributed by atoms with E-state index in [1.165, 1.54) is 0 Å². The summed E-state index contributed by atoms with van der Waals surface area (Å²) in [6.45, 7) is 8.00. The summed E-state index contributed by atoms with van der Waals surface area (Å²) in [6, 6.07) is -0.374. The van der Waals surface area contributed by atoms with Gasteiger partial charge in [-0.25, -0.2) is 4.98 Å². The molecule has 5 nitrogen and oxygen atoms in total. The van der Waals surface area contributed by atoms with Crippen LogP contribution in [-0.2, 0) is 16.1 Å². The first-order valence-electron chi connectivity index (χ1n) is 6.86. The third kappa shape index (κ3) is 3.97. The largest absolute Gasteiger partial charge is 0.349 e. The highest BCUT2D eigenvalue weighted by Gasteiger charge is 2.38. The van der Waals surface area contributed by atoms with Gasteiger partial charge >= 0.3 is 0 Å². The van der Waals surface area contributed by atoms with Gasteiger partial charge in [-0.2, -0.15) is 0 Å². The van der Waals surface area contributed by atoms with E-state index >= 15 is 0 Å². The monoisotopic (exact) mass is 327 g/mol. The minimum absolute atomic E-state index is 0.0251. The van der Waals surface area contributed by atoms with Crippen molar-refractivity contribution < 1.29 is 9.59 Å². The number of aromatic nitrogens is 1. The highest BCUT2D eigenvalue weighted by Crippen LogP contribution is 2.27. The van der Waals surface area contributed by atoms with Gasteiger partial charge in [0, 0.05) is 16.5 Å². The molecule has 0 saturated carbocycles. The molecule has 21 heavy (non-hydrogen) atoms. The van der Waals surface area contributed by atoms with Crippen LogP contribution in [0.1, 0.15) is 31.5 Å². The molecule has 0 radical (unpaired) electrons. The van der Waals surface area contributed by atoms with Gasteiger partial charge in [0.1, 0.15) is 6.04 Å². The topological polar surface area (TPSA) is 62.3 Å². The van der Waals surface area contributed by atoms with Gasteiger partial charge in [0.15, 0.2) is 0 Å². The molecule has 1 unspecified atom stereocenters. The Labute approximate surface area is 133 Å². The Kier molecular flexibility index (Phi) is 4.93. The Balaban J connectivity index is 1.96. The van der Waals surface area contributed by atoms with Gasteiger partial charge in [-0.1, -0.05) is 20.8 Å². The summed E-state index contributed by atoms with van der Waals surface area (Å²) in [5, 5.41) is 5.82. The zero-order valence-corrected chi connectivity index (χ0v) is 14.4. The zero-order chi connectivity index (χ0) is 15.6. The van der Waals surface area contributed by atoms with Crippen LogP contribution in [0.2, 0.25) is 0 Å². The molecule has 0 aliphatic carbocycles. The average molecular weight is 327 g/mol. The molecular formula is C14H21N3O2S2. The van der Waals surface area contributed by atoms with E-state index in [2.05, 4.69) is 10.3 Å². The lowest BCUT2D eigenvalue weighted by atomic mass is 9.94. The van der Waals surface area contributed by atoms with Crippen LogP contribution in [0.25, 0.3) is 0 Å². The Bertz CT molecular complexity index is 537. The molecule has 2 rings (SSSR count). The lowest BCUT2D eigenvalue weighted by Crippen LogP contribution is -2.50. The Morgan fingerprint density at radius 3 is 2.76 bits per heavy atom. The van der Waals surface area contributed by atoms with Crippen LogP contribution in [0.5, 0.6) is 0 Å². The van der Waals surface area contributed by atoms with Crippen LogP contribution in [0.3, 0.4) is 0 Å². The van der Waals surface area contributed by atoms with E-state index in [9.17, 15) is 9.59 Å². The third-order valence-electron chi connectivity index (χ3n) is 3.20. The van der Waals surface area contributed by atoms with E-state index in [4.69, 9.17) is 0 Å². The molecule has 1 aliphatic heterocycles. The quantitative estimate of drug-likeness (QED) is 0.922. The van der Waals surface area contributed by atoms with Crippen molar-refractivity contribution in [3.8, 4) is 0 Å². The molecule has 1 fully saturated rings. The van der Waals surface area contributed by atoms with Crippen LogP contribution in [0.15, 0.2) is 5.38 Å². The summed E-state index contributed by atoms with van der Waals surface area (Å²) in [5.41, 5.74) is 0.403. The predicted octanol–water partition coefficient (Wildman–Crippen LogP) is 2.02. The van der Waals surface area contributed by atoms with Gasteiger partial charge in [0.05, 0.1) is 23.1 Å². The van der Waals surface area contributed by atoms with Crippen LogP contribution in [0.4, 0.5) is 0 Å². The Hall–Kier alpha value is -1.08. The normalized spacial score (nSPS) is 18.9. The second-order valence-corrected chi connectivity index (χ2v) is 8.18. The van der Waals surface area contributed by atoms with Crippen molar-refractivity contribution in [2.75, 3.05) is 11.6 Å². The summed E-state index contributed by atoms with van der Waals surface area (Å²) < 4.78 is 0. The first kappa shape index (κ1) is 16.3. The fourth-order valence-electron chi connectivity index (χ4n) is 2.08. The number of aryl methyl sites for hydroxylation is 1. The number of thioether (sulfide) groups is 1. The molecule has 116 valence electrons. The number of hydrogen-bond donors (Lipinski definition) is 1. The van der Waals surface area contributed by atoms with Crippen LogP contribution in [0, 0.1) is 12.3 Å². The van der Waals surface area contributed by atoms with Crippen molar-refractivity contribution in [1.29, 1.82) is 0 Å². The van der Waals surface area contributed by atoms with Crippen LogP contribution < -0.4 is 5.32 Å². The van der Waals surface area contributed by atoms with E-state index in [0.29, 0.717) is 18.2 Å². The first-order valence-corrected chi connectivity index (χ1v) is 8.90. The second-order valence-electron chi connectivity index (χ2n) is 6.12. The highest BCUT2D eigenvalue weighted by atomic mass is 32.2. The molecule has 7 heteroatoms. The average Bonchev–Trinajstić information content (AvgIpc) is 3.02. The summed E-state index contributed by atoms with van der Waals surface area (Å²) in [6.07, 6.45) is 0. The van der Waals surface area contributed by atoms with Crippen molar-refractivity contribution in [3.05, 3.63) is 16.1 Å². The maximum atomic E-state index is 12.4. The maximum absolute atomic E-state index is 12.4. The highest BCUT2D eigenvalue weighted by molar-refractivity contribution is 7.99. The van der Waals surface area contributed by atoms with Gasteiger partial charge < -0.3 is 10.2 Å². The summed E-state index contributed by atoms with van der Waals surface area (Å²) in [5.74, 6) is 1.17. The fraction of sp³-hybridized carbons (Fsp3) is 0.643. The lowest BCUT2D eigenvalue weighted by molar-refractivity contribution is -0.144. The molecule has 1 N–H and O–H groups in total. The number of hydrogen-bond acceptors (Lipinski definition) is 5. The first-order chi connectivity index (χ1) is 9.79. The molecule has 1 atom stereocenters. The van der Waals surface area contributed by atoms with Crippen molar-refractivity contribution in [2.24, 2.45) is 5.41 Å². The number of rotatable bonds is 3. The Morgan fingerprint density at radius 1 is 1.48 bits per heavy atom. The van der Waals surface area contributed by atoms with E-state index in [-0.39, 0.29) is 17.9 Å². The maximum Gasteiger partial charge on any atom is 0.244 e. The Morgan fingerprint density at radius 2 is 2.19 bits per heavy atom. The van der Waals surface area contributed by atoms with Gasteiger partial charge in [0.25, 0.3) is 0 Å². The van der Waals surface area contributed by atoms with Gasteiger partial charge in [0.2, 0.25) is 11.8 Å². The third-order valence-corrected chi connectivity index (χ3v) is 5.03. The van der Waals surface area contributed by atoms with E-state index < -0.39 is 5.41 Å². The summed E-state index contributed by atoms with van der Waals surface area (Å²) in [7, 11) is 0. The van der Waals surface area contributed by atoms with Crippen molar-refractivity contribution in [2.45, 2.75) is 40.3 Å². The van der Waals surface area contributed by atoms with Gasteiger partial charge in [-0.15, -0.1) is 23.1 Å².